The molecule has 0 saturated heterocycles. The number of carbonyl (C=O) groups excluding carboxylic acids is 1. The maximum Gasteiger partial charge on any atom is 0.308 e. The van der Waals surface area contributed by atoms with Crippen LogP contribution in [0.25, 0.3) is 0 Å². The van der Waals surface area contributed by atoms with Crippen molar-refractivity contribution in [2.75, 3.05) is 6.61 Å². The summed E-state index contributed by atoms with van der Waals surface area (Å²) in [5, 5.41) is 9.31. The topological polar surface area (TPSA) is 46.5 Å². The third-order valence-corrected chi connectivity index (χ3v) is 2.12. The van der Waals surface area contributed by atoms with E-state index in [0.29, 0.717) is 19.4 Å². The summed E-state index contributed by atoms with van der Waals surface area (Å²) in [5.74, 6) is -0.449. The highest BCUT2D eigenvalue weighted by molar-refractivity contribution is 5.69. The minimum Gasteiger partial charge on any atom is -0.466 e. The zero-order chi connectivity index (χ0) is 9.84. The Morgan fingerprint density at radius 2 is 2.38 bits per heavy atom. The fourth-order valence-corrected chi connectivity index (χ4v) is 1.30. The van der Waals surface area contributed by atoms with Crippen LogP contribution in [0.3, 0.4) is 0 Å². The van der Waals surface area contributed by atoms with E-state index in [9.17, 15) is 14.3 Å². The summed E-state index contributed by atoms with van der Waals surface area (Å²) in [6.45, 7) is 2.03. The van der Waals surface area contributed by atoms with Gasteiger partial charge in [0.25, 0.3) is 0 Å². The Bertz CT molecular complexity index is 184. The minimum atomic E-state index is -0.767. The van der Waals surface area contributed by atoms with E-state index in [1.54, 1.807) is 6.92 Å². The number of ether oxygens (including phenoxy) is 1. The largest absolute Gasteiger partial charge is 0.466 e. The average Bonchev–Trinajstić information content (AvgIpc) is 2.65. The van der Waals surface area contributed by atoms with Crippen LogP contribution in [0.4, 0.5) is 4.39 Å². The van der Waals surface area contributed by atoms with Crippen LogP contribution in [0.15, 0.2) is 0 Å². The molecule has 0 aromatic heterocycles. The van der Waals surface area contributed by atoms with Gasteiger partial charge in [0.2, 0.25) is 0 Å². The third-order valence-electron chi connectivity index (χ3n) is 2.12. The molecule has 1 rings (SSSR count). The van der Waals surface area contributed by atoms with E-state index in [2.05, 4.69) is 4.74 Å². The molecule has 1 saturated carbocycles. The van der Waals surface area contributed by atoms with Crippen molar-refractivity contribution in [3.8, 4) is 0 Å². The van der Waals surface area contributed by atoms with E-state index in [0.717, 1.165) is 0 Å². The molecule has 0 aromatic rings. The second-order valence-electron chi connectivity index (χ2n) is 3.41. The van der Waals surface area contributed by atoms with Gasteiger partial charge < -0.3 is 9.84 Å². The standard InChI is InChI=1S/C9H15FO3/c1-2-13-9(12)5-7(11)3-6-4-8(6)10/h6-8,11H,2-5H2,1H3. The van der Waals surface area contributed by atoms with Crippen molar-refractivity contribution >= 4 is 5.97 Å². The van der Waals surface area contributed by atoms with Gasteiger partial charge in [0.05, 0.1) is 19.1 Å². The van der Waals surface area contributed by atoms with Gasteiger partial charge in [0.15, 0.2) is 0 Å². The minimum absolute atomic E-state index is 0.0168. The highest BCUT2D eigenvalue weighted by Crippen LogP contribution is 2.37. The van der Waals surface area contributed by atoms with Crippen molar-refractivity contribution in [3.05, 3.63) is 0 Å². The lowest BCUT2D eigenvalue weighted by Crippen LogP contribution is -2.16. The molecule has 3 atom stereocenters. The first-order valence-electron chi connectivity index (χ1n) is 4.61. The molecule has 0 bridgehead atoms. The second kappa shape index (κ2) is 4.56. The molecule has 1 aliphatic rings. The van der Waals surface area contributed by atoms with E-state index < -0.39 is 18.2 Å². The van der Waals surface area contributed by atoms with Crippen molar-refractivity contribution in [2.45, 2.75) is 38.5 Å². The number of esters is 1. The molecule has 4 heteroatoms. The fraction of sp³-hybridized carbons (Fsp3) is 0.889. The van der Waals surface area contributed by atoms with Crippen molar-refractivity contribution in [2.24, 2.45) is 5.92 Å². The molecule has 3 unspecified atom stereocenters. The van der Waals surface area contributed by atoms with Crippen molar-refractivity contribution in [1.82, 2.24) is 0 Å². The maximum absolute atomic E-state index is 12.4. The van der Waals surface area contributed by atoms with Crippen molar-refractivity contribution < 1.29 is 19.0 Å². The fourth-order valence-electron chi connectivity index (χ4n) is 1.30. The summed E-state index contributed by atoms with van der Waals surface area (Å²) in [4.78, 5) is 10.9. The number of aliphatic hydroxyl groups excluding tert-OH is 1. The highest BCUT2D eigenvalue weighted by atomic mass is 19.1. The quantitative estimate of drug-likeness (QED) is 0.659. The summed E-state index contributed by atoms with van der Waals surface area (Å²) in [7, 11) is 0. The third kappa shape index (κ3) is 3.72. The first kappa shape index (κ1) is 10.4. The Hall–Kier alpha value is -0.640. The van der Waals surface area contributed by atoms with Crippen LogP contribution in [0, 0.1) is 5.92 Å². The normalized spacial score (nSPS) is 28.2. The molecule has 1 N–H and O–H groups in total. The van der Waals surface area contributed by atoms with Crippen LogP contribution < -0.4 is 0 Å². The van der Waals surface area contributed by atoms with Crippen molar-refractivity contribution in [3.63, 3.8) is 0 Å². The maximum atomic E-state index is 12.4. The molecule has 13 heavy (non-hydrogen) atoms. The van der Waals surface area contributed by atoms with Gasteiger partial charge in [-0.05, 0) is 25.7 Å². The first-order chi connectivity index (χ1) is 6.13. The van der Waals surface area contributed by atoms with Gasteiger partial charge in [0, 0.05) is 0 Å². The molecule has 0 aliphatic heterocycles. The van der Waals surface area contributed by atoms with Gasteiger partial charge in [-0.15, -0.1) is 0 Å². The van der Waals surface area contributed by atoms with Gasteiger partial charge in [-0.1, -0.05) is 0 Å². The first-order valence-corrected chi connectivity index (χ1v) is 4.61. The molecular weight excluding hydrogens is 175 g/mol. The number of hydrogen-bond donors (Lipinski definition) is 1. The SMILES string of the molecule is CCOC(=O)CC(O)CC1CC1F. The van der Waals surface area contributed by atoms with Gasteiger partial charge in [-0.3, -0.25) is 4.79 Å². The monoisotopic (exact) mass is 190 g/mol. The molecule has 76 valence electrons. The second-order valence-corrected chi connectivity index (χ2v) is 3.41. The molecule has 0 radical (unpaired) electrons. The Labute approximate surface area is 76.9 Å². The Balaban J connectivity index is 2.09. The average molecular weight is 190 g/mol. The number of aliphatic hydroxyl groups is 1. The van der Waals surface area contributed by atoms with Gasteiger partial charge >= 0.3 is 5.97 Å². The zero-order valence-corrected chi connectivity index (χ0v) is 7.70. The van der Waals surface area contributed by atoms with E-state index in [4.69, 9.17) is 0 Å². The summed E-state index contributed by atoms with van der Waals surface area (Å²) in [6, 6.07) is 0. The molecule has 0 spiro atoms. The van der Waals surface area contributed by atoms with E-state index in [1.165, 1.54) is 0 Å². The predicted molar refractivity (Wildman–Crippen MR) is 44.9 cm³/mol. The van der Waals surface area contributed by atoms with E-state index in [-0.39, 0.29) is 12.3 Å². The Kier molecular flexibility index (Phi) is 3.66. The van der Waals surface area contributed by atoms with Crippen LogP contribution in [0.2, 0.25) is 0 Å². The smallest absolute Gasteiger partial charge is 0.308 e. The summed E-state index contributed by atoms with van der Waals surface area (Å²) in [5.41, 5.74) is 0. The lowest BCUT2D eigenvalue weighted by atomic mass is 10.1. The number of hydrogen-bond acceptors (Lipinski definition) is 3. The van der Waals surface area contributed by atoms with Crippen LogP contribution in [-0.4, -0.2) is 30.0 Å². The van der Waals surface area contributed by atoms with Crippen LogP contribution in [-0.2, 0) is 9.53 Å². The molecule has 3 nitrogen and oxygen atoms in total. The summed E-state index contributed by atoms with van der Waals surface area (Å²) >= 11 is 0. The molecule has 1 aliphatic carbocycles. The van der Waals surface area contributed by atoms with Crippen LogP contribution in [0.1, 0.15) is 26.2 Å². The predicted octanol–water partition coefficient (Wildman–Crippen LogP) is 1.05. The number of rotatable bonds is 5. The lowest BCUT2D eigenvalue weighted by molar-refractivity contribution is -0.145. The van der Waals surface area contributed by atoms with Crippen molar-refractivity contribution in [1.29, 1.82) is 0 Å². The Morgan fingerprint density at radius 1 is 1.77 bits per heavy atom. The van der Waals surface area contributed by atoms with Gasteiger partial charge in [0.1, 0.15) is 6.17 Å². The van der Waals surface area contributed by atoms with Crippen LogP contribution >= 0.6 is 0 Å². The molecular formula is C9H15FO3. The number of halogens is 1. The van der Waals surface area contributed by atoms with E-state index in [1.807, 2.05) is 0 Å². The summed E-state index contributed by atoms with van der Waals surface area (Å²) in [6.07, 6.45) is -0.627. The van der Waals surface area contributed by atoms with Crippen LogP contribution in [0.5, 0.6) is 0 Å². The van der Waals surface area contributed by atoms with E-state index >= 15 is 0 Å². The zero-order valence-electron chi connectivity index (χ0n) is 7.70. The number of alkyl halides is 1. The van der Waals surface area contributed by atoms with Gasteiger partial charge in [-0.2, -0.15) is 0 Å². The Morgan fingerprint density at radius 3 is 2.85 bits per heavy atom. The molecule has 0 aromatic carbocycles. The molecule has 0 amide bonds. The highest BCUT2D eigenvalue weighted by Gasteiger charge is 2.38. The molecule has 1 fully saturated rings. The molecule has 0 heterocycles. The number of carbonyl (C=O) groups is 1. The lowest BCUT2D eigenvalue weighted by Gasteiger charge is -2.08. The van der Waals surface area contributed by atoms with Gasteiger partial charge in [-0.25, -0.2) is 4.39 Å². The summed E-state index contributed by atoms with van der Waals surface area (Å²) < 4.78 is 17.0.